The van der Waals surface area contributed by atoms with Gasteiger partial charge in [-0.25, -0.2) is 4.79 Å². The molecule has 1 unspecified atom stereocenters. The number of nitrogens with zero attached hydrogens (tertiary/aromatic N) is 1. The van der Waals surface area contributed by atoms with Crippen molar-refractivity contribution in [2.75, 3.05) is 19.1 Å². The molecule has 1 amide bonds. The van der Waals surface area contributed by atoms with Crippen LogP contribution in [0.2, 0.25) is 0 Å². The number of benzene rings is 3. The Labute approximate surface area is 214 Å². The fourth-order valence-electron chi connectivity index (χ4n) is 4.25. The molecule has 37 heavy (non-hydrogen) atoms. The zero-order valence-electron chi connectivity index (χ0n) is 20.9. The number of aliphatic hydroxyl groups excluding tert-OH is 1. The molecule has 3 aromatic carbocycles. The lowest BCUT2D eigenvalue weighted by molar-refractivity contribution is -0.132. The van der Waals surface area contributed by atoms with Crippen molar-refractivity contribution in [2.45, 2.75) is 26.0 Å². The van der Waals surface area contributed by atoms with E-state index in [1.165, 1.54) is 31.3 Å². The van der Waals surface area contributed by atoms with Gasteiger partial charge in [-0.3, -0.25) is 14.5 Å². The second-order valence-corrected chi connectivity index (χ2v) is 8.68. The van der Waals surface area contributed by atoms with Gasteiger partial charge in [0.2, 0.25) is 0 Å². The summed E-state index contributed by atoms with van der Waals surface area (Å²) in [4.78, 5) is 39.9. The molecule has 8 nitrogen and oxygen atoms in total. The molecule has 0 saturated carbocycles. The van der Waals surface area contributed by atoms with Gasteiger partial charge in [0.1, 0.15) is 17.3 Å². The van der Waals surface area contributed by atoms with Crippen LogP contribution in [0, 0.1) is 0 Å². The number of ether oxygens (including phenoxy) is 3. The Hall–Kier alpha value is -4.59. The van der Waals surface area contributed by atoms with Crippen LogP contribution in [0.4, 0.5) is 5.69 Å². The van der Waals surface area contributed by atoms with Gasteiger partial charge in [0, 0.05) is 11.3 Å². The van der Waals surface area contributed by atoms with Gasteiger partial charge in [0.15, 0.2) is 0 Å². The molecule has 0 aromatic heterocycles. The van der Waals surface area contributed by atoms with E-state index in [0.717, 1.165) is 0 Å². The van der Waals surface area contributed by atoms with Gasteiger partial charge in [0.05, 0.1) is 37.5 Å². The second-order valence-electron chi connectivity index (χ2n) is 8.68. The van der Waals surface area contributed by atoms with E-state index in [1.54, 1.807) is 60.7 Å². The molecule has 1 aliphatic heterocycles. The lowest BCUT2D eigenvalue weighted by Gasteiger charge is -2.26. The van der Waals surface area contributed by atoms with Crippen LogP contribution in [0.5, 0.6) is 11.5 Å². The number of methoxy groups -OCH3 is 2. The van der Waals surface area contributed by atoms with Crippen LogP contribution >= 0.6 is 0 Å². The van der Waals surface area contributed by atoms with Gasteiger partial charge in [-0.05, 0) is 67.9 Å². The molecule has 3 aromatic rings. The lowest BCUT2D eigenvalue weighted by Crippen LogP contribution is -2.29. The van der Waals surface area contributed by atoms with Gasteiger partial charge >= 0.3 is 5.97 Å². The molecule has 0 bridgehead atoms. The fourth-order valence-corrected chi connectivity index (χ4v) is 4.25. The average molecular weight is 502 g/mol. The smallest absolute Gasteiger partial charge is 0.337 e. The van der Waals surface area contributed by atoms with Crippen LogP contribution < -0.4 is 14.4 Å². The molecular weight excluding hydrogens is 474 g/mol. The van der Waals surface area contributed by atoms with Gasteiger partial charge in [0.25, 0.3) is 11.7 Å². The van der Waals surface area contributed by atoms with E-state index in [4.69, 9.17) is 14.2 Å². The predicted molar refractivity (Wildman–Crippen MR) is 138 cm³/mol. The zero-order valence-corrected chi connectivity index (χ0v) is 20.9. The molecule has 8 heteroatoms. The van der Waals surface area contributed by atoms with Crippen LogP contribution in [0.1, 0.15) is 41.4 Å². The van der Waals surface area contributed by atoms with Crippen molar-refractivity contribution in [2.24, 2.45) is 0 Å². The summed E-state index contributed by atoms with van der Waals surface area (Å²) in [7, 11) is 2.79. The summed E-state index contributed by atoms with van der Waals surface area (Å²) in [6.07, 6.45) is -0.0901. The first-order valence-electron chi connectivity index (χ1n) is 11.7. The number of hydrogen-bond donors (Lipinski definition) is 1. The lowest BCUT2D eigenvalue weighted by atomic mass is 9.95. The van der Waals surface area contributed by atoms with E-state index in [1.807, 2.05) is 13.8 Å². The highest BCUT2D eigenvalue weighted by molar-refractivity contribution is 6.51. The third kappa shape index (κ3) is 5.04. The number of aliphatic hydroxyl groups is 1. The van der Waals surface area contributed by atoms with E-state index in [2.05, 4.69) is 0 Å². The van der Waals surface area contributed by atoms with Crippen LogP contribution in [0.3, 0.4) is 0 Å². The molecule has 1 aliphatic rings. The van der Waals surface area contributed by atoms with Crippen molar-refractivity contribution in [3.63, 3.8) is 0 Å². The van der Waals surface area contributed by atoms with Crippen molar-refractivity contribution >= 4 is 29.1 Å². The van der Waals surface area contributed by atoms with Gasteiger partial charge in [-0.15, -0.1) is 0 Å². The number of ketones is 1. The predicted octanol–water partition coefficient (Wildman–Crippen LogP) is 4.90. The zero-order chi connectivity index (χ0) is 26.7. The Morgan fingerprint density at radius 1 is 0.892 bits per heavy atom. The molecular formula is C29H27NO7. The summed E-state index contributed by atoms with van der Waals surface area (Å²) < 4.78 is 15.8. The van der Waals surface area contributed by atoms with Crippen LogP contribution in [-0.2, 0) is 14.3 Å². The average Bonchev–Trinajstić information content (AvgIpc) is 3.17. The number of esters is 1. The number of amides is 1. The van der Waals surface area contributed by atoms with E-state index < -0.39 is 23.7 Å². The summed E-state index contributed by atoms with van der Waals surface area (Å²) in [5, 5.41) is 11.4. The Balaban J connectivity index is 1.89. The number of carbonyl (C=O) groups excluding carboxylic acids is 3. The molecule has 0 aliphatic carbocycles. The first-order valence-corrected chi connectivity index (χ1v) is 11.7. The SMILES string of the molecule is COC(=O)c1ccc(N2C(=O)C(=O)/C(=C(/O)c3cccc(OC(C)C)c3)C2c2cccc(OC)c2)cc1. The highest BCUT2D eigenvalue weighted by Gasteiger charge is 2.47. The first-order chi connectivity index (χ1) is 17.7. The minimum atomic E-state index is -0.950. The largest absolute Gasteiger partial charge is 0.507 e. The molecule has 0 radical (unpaired) electrons. The Morgan fingerprint density at radius 3 is 2.22 bits per heavy atom. The maximum absolute atomic E-state index is 13.4. The quantitative estimate of drug-likeness (QED) is 0.213. The summed E-state index contributed by atoms with van der Waals surface area (Å²) in [5.74, 6) is -1.45. The summed E-state index contributed by atoms with van der Waals surface area (Å²) in [6, 6.07) is 18.8. The fraction of sp³-hybridized carbons (Fsp3) is 0.207. The molecule has 1 N–H and O–H groups in total. The minimum absolute atomic E-state index is 0.0722. The number of carbonyl (C=O) groups is 3. The first kappa shape index (κ1) is 25.5. The van der Waals surface area contributed by atoms with Gasteiger partial charge in [-0.2, -0.15) is 0 Å². The van der Waals surface area contributed by atoms with Gasteiger partial charge in [-0.1, -0.05) is 24.3 Å². The molecule has 1 atom stereocenters. The van der Waals surface area contributed by atoms with E-state index in [9.17, 15) is 19.5 Å². The molecule has 1 saturated heterocycles. The van der Waals surface area contributed by atoms with Crippen molar-refractivity contribution in [1.29, 1.82) is 0 Å². The molecule has 190 valence electrons. The number of hydrogen-bond acceptors (Lipinski definition) is 7. The number of rotatable bonds is 7. The Morgan fingerprint density at radius 2 is 1.57 bits per heavy atom. The standard InChI is InChI=1S/C29H27NO7/c1-17(2)37-23-10-6-8-20(16-23)26(31)24-25(19-7-5-9-22(15-19)35-3)30(28(33)27(24)32)21-13-11-18(12-14-21)29(34)36-4/h5-17,25,31H,1-4H3/b26-24+. The molecule has 4 rings (SSSR count). The Kier molecular flexibility index (Phi) is 7.29. The monoisotopic (exact) mass is 501 g/mol. The van der Waals surface area contributed by atoms with Gasteiger partial charge < -0.3 is 19.3 Å². The normalized spacial score (nSPS) is 16.7. The van der Waals surface area contributed by atoms with Crippen LogP contribution in [-0.4, -0.2) is 43.1 Å². The topological polar surface area (TPSA) is 102 Å². The van der Waals surface area contributed by atoms with Crippen molar-refractivity contribution in [3.8, 4) is 11.5 Å². The molecule has 0 spiro atoms. The summed E-state index contributed by atoms with van der Waals surface area (Å²) in [5.41, 5.74) is 1.50. The van der Waals surface area contributed by atoms with Crippen molar-refractivity contribution in [3.05, 3.63) is 95.1 Å². The Bertz CT molecular complexity index is 1380. The van der Waals surface area contributed by atoms with Crippen molar-refractivity contribution in [1.82, 2.24) is 0 Å². The van der Waals surface area contributed by atoms with E-state index in [0.29, 0.717) is 33.9 Å². The number of anilines is 1. The van der Waals surface area contributed by atoms with E-state index in [-0.39, 0.29) is 17.4 Å². The number of Topliss-reactive ketones (excluding diaryl/α,β-unsaturated/α-hetero) is 1. The molecule has 1 fully saturated rings. The highest BCUT2D eigenvalue weighted by Crippen LogP contribution is 2.43. The summed E-state index contributed by atoms with van der Waals surface area (Å²) in [6.45, 7) is 3.76. The van der Waals surface area contributed by atoms with Crippen molar-refractivity contribution < 1.29 is 33.7 Å². The van der Waals surface area contributed by atoms with E-state index >= 15 is 0 Å². The third-order valence-electron chi connectivity index (χ3n) is 5.90. The molecule has 1 heterocycles. The maximum Gasteiger partial charge on any atom is 0.337 e. The van der Waals surface area contributed by atoms with Crippen LogP contribution in [0.25, 0.3) is 5.76 Å². The maximum atomic E-state index is 13.4. The van der Waals surface area contributed by atoms with Crippen LogP contribution in [0.15, 0.2) is 78.4 Å². The third-order valence-corrected chi connectivity index (χ3v) is 5.90. The second kappa shape index (κ2) is 10.6. The minimum Gasteiger partial charge on any atom is -0.507 e. The highest BCUT2D eigenvalue weighted by atomic mass is 16.5. The summed E-state index contributed by atoms with van der Waals surface area (Å²) >= 11 is 0.